The van der Waals surface area contributed by atoms with E-state index >= 15 is 0 Å². The number of hydrogen-bond acceptors (Lipinski definition) is 6. The van der Waals surface area contributed by atoms with Crippen LogP contribution in [-0.4, -0.2) is 56.2 Å². The number of carbonyl (C=O) groups excluding carboxylic acids is 1. The molecule has 1 atom stereocenters. The third-order valence-corrected chi connectivity index (χ3v) is 4.99. The number of aromatic nitrogens is 4. The normalized spacial score (nSPS) is 17.8. The lowest BCUT2D eigenvalue weighted by Crippen LogP contribution is -2.40. The maximum absolute atomic E-state index is 12.4. The average Bonchev–Trinajstić information content (AvgIpc) is 3.07. The van der Waals surface area contributed by atoms with Gasteiger partial charge in [-0.25, -0.2) is 0 Å². The number of piperidine rings is 1. The number of amides is 1. The quantitative estimate of drug-likeness (QED) is 0.718. The molecule has 1 unspecified atom stereocenters. The first kappa shape index (κ1) is 19.5. The van der Waals surface area contributed by atoms with Crippen LogP contribution in [-0.2, 0) is 4.79 Å². The molecule has 1 aliphatic heterocycles. The molecule has 0 bridgehead atoms. The summed E-state index contributed by atoms with van der Waals surface area (Å²) in [6.07, 6.45) is -2.62. The molecule has 1 aliphatic rings. The first-order valence-electron chi connectivity index (χ1n) is 8.37. The SMILES string of the molecule is CC1CCCN(C(=O)CSc2nnnn2-c2ccc(OC(F)(F)F)cc2)C1. The number of rotatable bonds is 5. The van der Waals surface area contributed by atoms with E-state index in [4.69, 9.17) is 0 Å². The molecule has 1 saturated heterocycles. The van der Waals surface area contributed by atoms with Crippen molar-refractivity contribution in [3.63, 3.8) is 0 Å². The molecule has 1 amide bonds. The predicted molar refractivity (Wildman–Crippen MR) is 91.5 cm³/mol. The number of hydrogen-bond donors (Lipinski definition) is 0. The molecular weight excluding hydrogens is 383 g/mol. The van der Waals surface area contributed by atoms with Crippen LogP contribution in [0.5, 0.6) is 5.75 Å². The number of ether oxygens (including phenoxy) is 1. The molecule has 0 aliphatic carbocycles. The third kappa shape index (κ3) is 5.34. The van der Waals surface area contributed by atoms with Gasteiger partial charge in [0.25, 0.3) is 0 Å². The van der Waals surface area contributed by atoms with Crippen LogP contribution in [0.4, 0.5) is 13.2 Å². The van der Waals surface area contributed by atoms with Gasteiger partial charge in [0.05, 0.1) is 11.4 Å². The summed E-state index contributed by atoms with van der Waals surface area (Å²) in [6.45, 7) is 3.64. The van der Waals surface area contributed by atoms with E-state index in [1.165, 1.54) is 40.7 Å². The van der Waals surface area contributed by atoms with Gasteiger partial charge in [0.1, 0.15) is 5.75 Å². The summed E-state index contributed by atoms with van der Waals surface area (Å²) >= 11 is 1.19. The topological polar surface area (TPSA) is 73.1 Å². The molecule has 146 valence electrons. The van der Waals surface area contributed by atoms with Crippen molar-refractivity contribution < 1.29 is 22.7 Å². The van der Waals surface area contributed by atoms with Gasteiger partial charge in [-0.3, -0.25) is 4.79 Å². The van der Waals surface area contributed by atoms with Gasteiger partial charge in [-0.1, -0.05) is 18.7 Å². The van der Waals surface area contributed by atoms with Crippen LogP contribution >= 0.6 is 11.8 Å². The molecule has 27 heavy (non-hydrogen) atoms. The van der Waals surface area contributed by atoms with Crippen LogP contribution in [0, 0.1) is 5.92 Å². The second-order valence-electron chi connectivity index (χ2n) is 6.29. The van der Waals surface area contributed by atoms with Crippen molar-refractivity contribution >= 4 is 17.7 Å². The van der Waals surface area contributed by atoms with Crippen molar-refractivity contribution in [2.24, 2.45) is 5.92 Å². The predicted octanol–water partition coefficient (Wildman–Crippen LogP) is 2.91. The maximum Gasteiger partial charge on any atom is 0.573 e. The monoisotopic (exact) mass is 401 g/mol. The molecule has 1 aromatic heterocycles. The molecule has 1 fully saturated rings. The van der Waals surface area contributed by atoms with Crippen molar-refractivity contribution in [3.05, 3.63) is 24.3 Å². The molecule has 2 aromatic rings. The zero-order chi connectivity index (χ0) is 19.4. The Hall–Kier alpha value is -2.30. The summed E-state index contributed by atoms with van der Waals surface area (Å²) in [5, 5.41) is 11.7. The van der Waals surface area contributed by atoms with Gasteiger partial charge < -0.3 is 9.64 Å². The summed E-state index contributed by atoms with van der Waals surface area (Å²) in [5.41, 5.74) is 0.469. The fourth-order valence-electron chi connectivity index (χ4n) is 2.85. The van der Waals surface area contributed by atoms with Gasteiger partial charge in [-0.2, -0.15) is 4.68 Å². The Labute approximate surface area is 157 Å². The zero-order valence-corrected chi connectivity index (χ0v) is 15.3. The van der Waals surface area contributed by atoms with E-state index in [0.717, 1.165) is 25.9 Å². The highest BCUT2D eigenvalue weighted by Crippen LogP contribution is 2.25. The van der Waals surface area contributed by atoms with Crippen LogP contribution in [0.15, 0.2) is 29.4 Å². The van der Waals surface area contributed by atoms with Crippen molar-refractivity contribution in [3.8, 4) is 11.4 Å². The highest BCUT2D eigenvalue weighted by atomic mass is 32.2. The zero-order valence-electron chi connectivity index (χ0n) is 14.5. The van der Waals surface area contributed by atoms with Crippen molar-refractivity contribution in [1.29, 1.82) is 0 Å². The second-order valence-corrected chi connectivity index (χ2v) is 7.23. The van der Waals surface area contributed by atoms with Gasteiger partial charge in [0, 0.05) is 13.1 Å². The lowest BCUT2D eigenvalue weighted by Gasteiger charge is -2.30. The first-order chi connectivity index (χ1) is 12.8. The molecule has 11 heteroatoms. The molecule has 0 radical (unpaired) electrons. The van der Waals surface area contributed by atoms with Crippen molar-refractivity contribution in [1.82, 2.24) is 25.1 Å². The number of halogens is 3. The van der Waals surface area contributed by atoms with E-state index in [-0.39, 0.29) is 17.4 Å². The smallest absolute Gasteiger partial charge is 0.406 e. The lowest BCUT2D eigenvalue weighted by atomic mass is 10.0. The minimum absolute atomic E-state index is 0.0232. The Morgan fingerprint density at radius 3 is 2.74 bits per heavy atom. The summed E-state index contributed by atoms with van der Waals surface area (Å²) in [6, 6.07) is 5.18. The van der Waals surface area contributed by atoms with E-state index < -0.39 is 6.36 Å². The van der Waals surface area contributed by atoms with E-state index in [2.05, 4.69) is 27.2 Å². The van der Waals surface area contributed by atoms with E-state index in [0.29, 0.717) is 16.8 Å². The largest absolute Gasteiger partial charge is 0.573 e. The molecule has 7 nitrogen and oxygen atoms in total. The summed E-state index contributed by atoms with van der Waals surface area (Å²) in [4.78, 5) is 14.2. The van der Waals surface area contributed by atoms with Crippen LogP contribution in [0.1, 0.15) is 19.8 Å². The van der Waals surface area contributed by atoms with Crippen LogP contribution < -0.4 is 4.74 Å². The van der Waals surface area contributed by atoms with E-state index in [1.54, 1.807) is 0 Å². The Bertz CT molecular complexity index is 781. The number of thioether (sulfide) groups is 1. The number of benzene rings is 1. The van der Waals surface area contributed by atoms with E-state index in [1.807, 2.05) is 4.90 Å². The van der Waals surface area contributed by atoms with Gasteiger partial charge in [0.15, 0.2) is 0 Å². The van der Waals surface area contributed by atoms with Gasteiger partial charge >= 0.3 is 6.36 Å². The van der Waals surface area contributed by atoms with Gasteiger partial charge in [-0.05, 0) is 53.5 Å². The van der Waals surface area contributed by atoms with Gasteiger partial charge in [-0.15, -0.1) is 18.3 Å². The maximum atomic E-state index is 12.4. The molecule has 2 heterocycles. The Morgan fingerprint density at radius 1 is 1.33 bits per heavy atom. The number of nitrogens with zero attached hydrogens (tertiary/aromatic N) is 5. The van der Waals surface area contributed by atoms with Crippen LogP contribution in [0.25, 0.3) is 5.69 Å². The Kier molecular flexibility index (Phi) is 5.88. The Balaban J connectivity index is 1.63. The molecule has 0 spiro atoms. The number of likely N-dealkylation sites (tertiary alicyclic amines) is 1. The number of alkyl halides is 3. The molecule has 3 rings (SSSR count). The average molecular weight is 401 g/mol. The second kappa shape index (κ2) is 8.15. The fraction of sp³-hybridized carbons (Fsp3) is 0.500. The minimum Gasteiger partial charge on any atom is -0.406 e. The van der Waals surface area contributed by atoms with Crippen molar-refractivity contribution in [2.45, 2.75) is 31.3 Å². The van der Waals surface area contributed by atoms with Crippen LogP contribution in [0.2, 0.25) is 0 Å². The minimum atomic E-state index is -4.75. The fourth-order valence-corrected chi connectivity index (χ4v) is 3.65. The van der Waals surface area contributed by atoms with Crippen LogP contribution in [0.3, 0.4) is 0 Å². The molecule has 1 aromatic carbocycles. The van der Waals surface area contributed by atoms with Gasteiger partial charge in [0.2, 0.25) is 11.1 Å². The molecular formula is C16H18F3N5O2S. The van der Waals surface area contributed by atoms with E-state index in [9.17, 15) is 18.0 Å². The van der Waals surface area contributed by atoms with Crippen molar-refractivity contribution in [2.75, 3.05) is 18.8 Å². The number of tetrazole rings is 1. The summed E-state index contributed by atoms with van der Waals surface area (Å²) in [7, 11) is 0. The molecule has 0 saturated carbocycles. The standard InChI is InChI=1S/C16H18F3N5O2S/c1-11-3-2-8-23(9-11)14(25)10-27-15-20-21-22-24(15)12-4-6-13(7-5-12)26-16(17,18)19/h4-7,11H,2-3,8-10H2,1H3. The number of carbonyl (C=O) groups is 1. The highest BCUT2D eigenvalue weighted by Gasteiger charge is 2.31. The summed E-state index contributed by atoms with van der Waals surface area (Å²) < 4.78 is 41.9. The Morgan fingerprint density at radius 2 is 2.07 bits per heavy atom. The lowest BCUT2D eigenvalue weighted by molar-refractivity contribution is -0.274. The molecule has 0 N–H and O–H groups in total. The highest BCUT2D eigenvalue weighted by molar-refractivity contribution is 7.99. The first-order valence-corrected chi connectivity index (χ1v) is 9.35. The third-order valence-electron chi connectivity index (χ3n) is 4.09. The summed E-state index contributed by atoms with van der Waals surface area (Å²) in [5.74, 6) is 0.385.